The van der Waals surface area contributed by atoms with E-state index in [9.17, 15) is 0 Å². The maximum Gasteiger partial charge on any atom is 0.145 e. The van der Waals surface area contributed by atoms with Crippen LogP contribution < -0.4 is 0 Å². The van der Waals surface area contributed by atoms with Gasteiger partial charge in [0.2, 0.25) is 0 Å². The lowest BCUT2D eigenvalue weighted by Gasteiger charge is -2.14. The number of rotatable bonds is 3. The number of hydrogen-bond acceptors (Lipinski definition) is 3. The fraction of sp³-hybridized carbons (Fsp3) is 0. The van der Waals surface area contributed by atoms with Gasteiger partial charge in [0.1, 0.15) is 5.82 Å². The van der Waals surface area contributed by atoms with Crippen molar-refractivity contribution >= 4 is 43.7 Å². The van der Waals surface area contributed by atoms with E-state index in [1.165, 1.54) is 5.56 Å². The van der Waals surface area contributed by atoms with Gasteiger partial charge < -0.3 is 0 Å². The normalized spacial score (nSPS) is 11.6. The zero-order valence-corrected chi connectivity index (χ0v) is 21.0. The maximum absolute atomic E-state index is 5.05. The Hall–Kier alpha value is -5.35. The van der Waals surface area contributed by atoms with Crippen molar-refractivity contribution < 1.29 is 0 Å². The molecule has 4 heteroatoms. The minimum atomic E-state index is 0.925. The van der Waals surface area contributed by atoms with Gasteiger partial charge in [-0.15, -0.1) is 0 Å². The highest BCUT2D eigenvalue weighted by Crippen LogP contribution is 2.38. The van der Waals surface area contributed by atoms with Gasteiger partial charge in [0.25, 0.3) is 0 Å². The standard InChI is InChI=1S/C35H22N4/c1-2-10-26(11-3-1)39-31-15-7-6-14-30(31)38-35(39)25-18-16-23(17-19-25)32-27-12-4-5-13-29(27)37-34-28(32)21-20-24-9-8-22-36-33(24)34/h1-22H. The van der Waals surface area contributed by atoms with Crippen LogP contribution in [0.1, 0.15) is 0 Å². The minimum Gasteiger partial charge on any atom is -0.292 e. The Morgan fingerprint density at radius 1 is 0.487 bits per heavy atom. The lowest BCUT2D eigenvalue weighted by atomic mass is 9.94. The lowest BCUT2D eigenvalue weighted by molar-refractivity contribution is 1.10. The van der Waals surface area contributed by atoms with Crippen LogP contribution in [-0.2, 0) is 0 Å². The molecule has 0 bridgehead atoms. The highest BCUT2D eigenvalue weighted by atomic mass is 15.1. The van der Waals surface area contributed by atoms with Crippen molar-refractivity contribution in [3.8, 4) is 28.2 Å². The number of imidazole rings is 1. The van der Waals surface area contributed by atoms with Crippen LogP contribution in [0.25, 0.3) is 71.9 Å². The molecule has 0 aliphatic carbocycles. The van der Waals surface area contributed by atoms with Crippen molar-refractivity contribution in [2.24, 2.45) is 0 Å². The fourth-order valence-corrected chi connectivity index (χ4v) is 5.65. The molecule has 39 heavy (non-hydrogen) atoms. The summed E-state index contributed by atoms with van der Waals surface area (Å²) in [6.07, 6.45) is 1.84. The van der Waals surface area contributed by atoms with Crippen LogP contribution in [0.15, 0.2) is 134 Å². The van der Waals surface area contributed by atoms with Crippen molar-refractivity contribution in [3.05, 3.63) is 134 Å². The van der Waals surface area contributed by atoms with E-state index in [1.807, 2.05) is 30.5 Å². The largest absolute Gasteiger partial charge is 0.292 e. The predicted octanol–water partition coefficient (Wildman–Crippen LogP) is 8.61. The molecule has 0 saturated carbocycles. The molecule has 0 fully saturated rings. The quantitative estimate of drug-likeness (QED) is 0.181. The van der Waals surface area contributed by atoms with Gasteiger partial charge in [-0.25, -0.2) is 9.97 Å². The summed E-state index contributed by atoms with van der Waals surface area (Å²) in [4.78, 5) is 14.8. The monoisotopic (exact) mass is 498 g/mol. The van der Waals surface area contributed by atoms with E-state index in [4.69, 9.17) is 15.0 Å². The minimum absolute atomic E-state index is 0.925. The first kappa shape index (κ1) is 21.7. The third-order valence-corrected chi connectivity index (χ3v) is 7.43. The van der Waals surface area contributed by atoms with Crippen LogP contribution in [0.3, 0.4) is 0 Å². The zero-order valence-electron chi connectivity index (χ0n) is 21.0. The van der Waals surface area contributed by atoms with Crippen LogP contribution in [-0.4, -0.2) is 19.5 Å². The summed E-state index contributed by atoms with van der Waals surface area (Å²) in [6, 6.07) is 44.2. The second-order valence-electron chi connectivity index (χ2n) is 9.71. The average molecular weight is 499 g/mol. The molecule has 8 rings (SSSR count). The van der Waals surface area contributed by atoms with Gasteiger partial charge in [-0.3, -0.25) is 9.55 Å². The topological polar surface area (TPSA) is 43.6 Å². The third kappa shape index (κ3) is 3.42. The van der Waals surface area contributed by atoms with E-state index in [1.54, 1.807) is 0 Å². The molecule has 0 saturated heterocycles. The van der Waals surface area contributed by atoms with Crippen molar-refractivity contribution in [3.63, 3.8) is 0 Å². The van der Waals surface area contributed by atoms with Crippen molar-refractivity contribution in [2.75, 3.05) is 0 Å². The number of benzene rings is 5. The number of hydrogen-bond donors (Lipinski definition) is 0. The molecule has 182 valence electrons. The first-order chi connectivity index (χ1) is 19.3. The predicted molar refractivity (Wildman–Crippen MR) is 160 cm³/mol. The summed E-state index contributed by atoms with van der Waals surface area (Å²) in [5.74, 6) is 0.925. The molecule has 3 heterocycles. The summed E-state index contributed by atoms with van der Waals surface area (Å²) in [5.41, 5.74) is 9.36. The number of pyridine rings is 2. The zero-order chi connectivity index (χ0) is 25.8. The fourth-order valence-electron chi connectivity index (χ4n) is 5.65. The molecule has 0 unspecified atom stereocenters. The lowest BCUT2D eigenvalue weighted by Crippen LogP contribution is -1.97. The van der Waals surface area contributed by atoms with Crippen molar-refractivity contribution in [1.29, 1.82) is 0 Å². The first-order valence-corrected chi connectivity index (χ1v) is 13.0. The van der Waals surface area contributed by atoms with E-state index in [-0.39, 0.29) is 0 Å². The van der Waals surface area contributed by atoms with E-state index >= 15 is 0 Å². The molecule has 4 nitrogen and oxygen atoms in total. The molecule has 0 aliphatic rings. The average Bonchev–Trinajstić information content (AvgIpc) is 3.40. The Bertz CT molecular complexity index is 2160. The first-order valence-electron chi connectivity index (χ1n) is 13.0. The van der Waals surface area contributed by atoms with Gasteiger partial charge in [0.15, 0.2) is 0 Å². The molecular weight excluding hydrogens is 476 g/mol. The molecule has 0 radical (unpaired) electrons. The second kappa shape index (κ2) is 8.61. The van der Waals surface area contributed by atoms with Crippen LogP contribution in [0, 0.1) is 0 Å². The number of nitrogens with zero attached hydrogens (tertiary/aromatic N) is 4. The summed E-state index contributed by atoms with van der Waals surface area (Å²) >= 11 is 0. The summed E-state index contributed by atoms with van der Waals surface area (Å²) in [6.45, 7) is 0. The summed E-state index contributed by atoms with van der Waals surface area (Å²) in [7, 11) is 0. The smallest absolute Gasteiger partial charge is 0.145 e. The van der Waals surface area contributed by atoms with E-state index < -0.39 is 0 Å². The highest BCUT2D eigenvalue weighted by Gasteiger charge is 2.16. The number of para-hydroxylation sites is 4. The van der Waals surface area contributed by atoms with Gasteiger partial charge in [-0.1, -0.05) is 91.0 Å². The molecule has 8 aromatic rings. The Balaban J connectivity index is 1.35. The van der Waals surface area contributed by atoms with Gasteiger partial charge in [-0.2, -0.15) is 0 Å². The van der Waals surface area contributed by atoms with Gasteiger partial charge in [-0.05, 0) is 42.0 Å². The number of aromatic nitrogens is 4. The van der Waals surface area contributed by atoms with Crippen molar-refractivity contribution in [1.82, 2.24) is 19.5 Å². The Morgan fingerprint density at radius 2 is 1.23 bits per heavy atom. The Morgan fingerprint density at radius 3 is 2.10 bits per heavy atom. The third-order valence-electron chi connectivity index (χ3n) is 7.43. The number of fused-ring (bicyclic) bond motifs is 5. The molecule has 0 amide bonds. The molecular formula is C35H22N4. The molecule has 0 N–H and O–H groups in total. The second-order valence-corrected chi connectivity index (χ2v) is 9.71. The highest BCUT2D eigenvalue weighted by molar-refractivity contribution is 6.15. The van der Waals surface area contributed by atoms with Crippen LogP contribution >= 0.6 is 0 Å². The van der Waals surface area contributed by atoms with Gasteiger partial charge >= 0.3 is 0 Å². The molecule has 0 atom stereocenters. The molecule has 3 aromatic heterocycles. The summed E-state index contributed by atoms with van der Waals surface area (Å²) < 4.78 is 2.24. The van der Waals surface area contributed by atoms with E-state index in [2.05, 4.69) is 108 Å². The van der Waals surface area contributed by atoms with Crippen LogP contribution in [0.5, 0.6) is 0 Å². The van der Waals surface area contributed by atoms with Crippen LogP contribution in [0.2, 0.25) is 0 Å². The van der Waals surface area contributed by atoms with Gasteiger partial charge in [0, 0.05) is 39.2 Å². The molecule has 5 aromatic carbocycles. The van der Waals surface area contributed by atoms with E-state index in [0.29, 0.717) is 0 Å². The van der Waals surface area contributed by atoms with Crippen molar-refractivity contribution in [2.45, 2.75) is 0 Å². The van der Waals surface area contributed by atoms with Crippen LogP contribution in [0.4, 0.5) is 0 Å². The Labute approximate surface area is 224 Å². The summed E-state index contributed by atoms with van der Waals surface area (Å²) in [5, 5.41) is 3.32. The SMILES string of the molecule is c1ccc(-n2c(-c3ccc(-c4c5ccccc5nc5c4ccc4cccnc45)cc3)nc3ccccc32)cc1. The van der Waals surface area contributed by atoms with E-state index in [0.717, 1.165) is 66.4 Å². The molecule has 0 aliphatic heterocycles. The molecule has 0 spiro atoms. The Kier molecular flexibility index (Phi) is 4.79. The maximum atomic E-state index is 5.05. The van der Waals surface area contributed by atoms with Gasteiger partial charge in [0.05, 0.1) is 27.6 Å².